The number of halogens is 2. The highest BCUT2D eigenvalue weighted by Crippen LogP contribution is 2.48. The van der Waals surface area contributed by atoms with Crippen LogP contribution in [0.15, 0.2) is 60.7 Å². The van der Waals surface area contributed by atoms with Gasteiger partial charge in [0.1, 0.15) is 0 Å². The minimum Gasteiger partial charge on any atom is -0.370 e. The summed E-state index contributed by atoms with van der Waals surface area (Å²) in [6.45, 7) is 0. The van der Waals surface area contributed by atoms with Crippen LogP contribution in [0.5, 0.6) is 0 Å². The summed E-state index contributed by atoms with van der Waals surface area (Å²) >= 11 is 8.06. The van der Waals surface area contributed by atoms with Gasteiger partial charge in [0.2, 0.25) is 0 Å². The molecule has 4 atom stereocenters. The van der Waals surface area contributed by atoms with Crippen LogP contribution in [0.2, 0.25) is 0 Å². The average molecular weight is 534 g/mol. The summed E-state index contributed by atoms with van der Waals surface area (Å²) in [5.74, 6) is 0.689. The van der Waals surface area contributed by atoms with E-state index in [2.05, 4.69) is 92.5 Å². The second kappa shape index (κ2) is 10.8. The summed E-state index contributed by atoms with van der Waals surface area (Å²) in [7, 11) is 0. The van der Waals surface area contributed by atoms with Gasteiger partial charge in [0, 0.05) is 4.83 Å². The van der Waals surface area contributed by atoms with Crippen molar-refractivity contribution in [3.8, 4) is 0 Å². The predicted octanol–water partition coefficient (Wildman–Crippen LogP) is 7.89. The van der Waals surface area contributed by atoms with E-state index in [0.717, 1.165) is 32.1 Å². The zero-order valence-corrected chi connectivity index (χ0v) is 21.0. The second-order valence-electron chi connectivity index (χ2n) is 9.23. The van der Waals surface area contributed by atoms with Gasteiger partial charge in [0.15, 0.2) is 0 Å². The molecule has 0 unspecified atom stereocenters. The highest BCUT2D eigenvalue weighted by Gasteiger charge is 2.49. The monoisotopic (exact) mass is 532 g/mol. The van der Waals surface area contributed by atoms with Gasteiger partial charge in [0.05, 0.1) is 16.5 Å². The molecule has 2 fully saturated rings. The molecule has 1 saturated carbocycles. The molecule has 1 aliphatic heterocycles. The molecule has 1 nitrogen and oxygen atoms in total. The van der Waals surface area contributed by atoms with E-state index in [0.29, 0.717) is 15.6 Å². The van der Waals surface area contributed by atoms with Crippen LogP contribution in [0.3, 0.4) is 0 Å². The lowest BCUT2D eigenvalue weighted by atomic mass is 9.70. The van der Waals surface area contributed by atoms with Crippen molar-refractivity contribution in [2.24, 2.45) is 5.92 Å². The standard InChI is InChI=1S/C27H34Br2O/c28-24-20-27(23-14-8-3-9-15-23,19-18-22-12-6-2-7-13-22)30-25(26(24)29)17-16-21-10-4-1-5-11-21/h1-2,4-7,10-13,23-26H,3,8-9,14-20H2/t24-,25-,26-,27+/m1/s1. The minimum atomic E-state index is -0.00392. The van der Waals surface area contributed by atoms with E-state index in [1.807, 2.05) is 0 Å². The van der Waals surface area contributed by atoms with Crippen LogP contribution in [0.4, 0.5) is 0 Å². The van der Waals surface area contributed by atoms with Gasteiger partial charge in [-0.3, -0.25) is 0 Å². The molecule has 2 aliphatic rings. The second-order valence-corrected chi connectivity index (χ2v) is 11.5. The van der Waals surface area contributed by atoms with Crippen molar-refractivity contribution >= 4 is 31.9 Å². The Morgan fingerprint density at radius 1 is 0.800 bits per heavy atom. The Labute approximate surface area is 199 Å². The molecule has 1 aliphatic carbocycles. The maximum absolute atomic E-state index is 7.16. The molecule has 3 heteroatoms. The molecule has 0 radical (unpaired) electrons. The molecule has 30 heavy (non-hydrogen) atoms. The highest BCUT2D eigenvalue weighted by molar-refractivity contribution is 9.12. The zero-order valence-electron chi connectivity index (χ0n) is 17.8. The number of alkyl halides is 2. The summed E-state index contributed by atoms with van der Waals surface area (Å²) in [6, 6.07) is 21.8. The van der Waals surface area contributed by atoms with E-state index in [9.17, 15) is 0 Å². The van der Waals surface area contributed by atoms with Gasteiger partial charge in [-0.1, -0.05) is 112 Å². The number of hydrogen-bond acceptors (Lipinski definition) is 1. The fraction of sp³-hybridized carbons (Fsp3) is 0.556. The van der Waals surface area contributed by atoms with E-state index < -0.39 is 0 Å². The maximum atomic E-state index is 7.16. The molecule has 2 aromatic carbocycles. The van der Waals surface area contributed by atoms with Crippen LogP contribution in [-0.2, 0) is 17.6 Å². The van der Waals surface area contributed by atoms with Crippen molar-refractivity contribution in [2.75, 3.05) is 0 Å². The molecular formula is C27H34Br2O. The Bertz CT molecular complexity index is 759. The van der Waals surface area contributed by atoms with Gasteiger partial charge >= 0.3 is 0 Å². The fourth-order valence-corrected chi connectivity index (χ4v) is 6.97. The first-order chi connectivity index (χ1) is 14.7. The normalized spacial score (nSPS) is 30.3. The third kappa shape index (κ3) is 5.58. The number of ether oxygens (including phenoxy) is 1. The minimum absolute atomic E-state index is 0.00392. The Kier molecular flexibility index (Phi) is 8.11. The first kappa shape index (κ1) is 22.6. The largest absolute Gasteiger partial charge is 0.370 e. The van der Waals surface area contributed by atoms with Crippen LogP contribution in [0.25, 0.3) is 0 Å². The first-order valence-corrected chi connectivity index (χ1v) is 13.5. The van der Waals surface area contributed by atoms with Gasteiger partial charge in [-0.25, -0.2) is 0 Å². The molecule has 1 heterocycles. The van der Waals surface area contributed by atoms with Crippen LogP contribution >= 0.6 is 31.9 Å². The lowest BCUT2D eigenvalue weighted by Gasteiger charge is -2.51. The molecule has 162 valence electrons. The van der Waals surface area contributed by atoms with Gasteiger partial charge in [-0.05, 0) is 62.0 Å². The number of hydrogen-bond donors (Lipinski definition) is 0. The van der Waals surface area contributed by atoms with Gasteiger partial charge < -0.3 is 4.74 Å². The van der Waals surface area contributed by atoms with E-state index >= 15 is 0 Å². The topological polar surface area (TPSA) is 9.23 Å². The Balaban J connectivity index is 1.52. The summed E-state index contributed by atoms with van der Waals surface area (Å²) in [5.41, 5.74) is 2.84. The molecule has 0 spiro atoms. The van der Waals surface area contributed by atoms with E-state index in [4.69, 9.17) is 4.74 Å². The summed E-state index contributed by atoms with van der Waals surface area (Å²) in [6.07, 6.45) is 12.5. The quantitative estimate of drug-likeness (QED) is 0.329. The zero-order chi connectivity index (χ0) is 20.8. The lowest BCUT2D eigenvalue weighted by molar-refractivity contribution is -0.164. The maximum Gasteiger partial charge on any atom is 0.0729 e. The van der Waals surface area contributed by atoms with Crippen molar-refractivity contribution < 1.29 is 4.74 Å². The van der Waals surface area contributed by atoms with Gasteiger partial charge in [-0.15, -0.1) is 0 Å². The van der Waals surface area contributed by atoms with Crippen molar-refractivity contribution in [1.29, 1.82) is 0 Å². The molecule has 0 amide bonds. The van der Waals surface area contributed by atoms with Crippen molar-refractivity contribution in [2.45, 2.75) is 85.6 Å². The Morgan fingerprint density at radius 3 is 2.03 bits per heavy atom. The molecule has 0 bridgehead atoms. The summed E-state index contributed by atoms with van der Waals surface area (Å²) in [5, 5.41) is 0. The van der Waals surface area contributed by atoms with E-state index in [1.165, 1.54) is 43.2 Å². The van der Waals surface area contributed by atoms with E-state index in [-0.39, 0.29) is 11.7 Å². The molecule has 0 N–H and O–H groups in total. The SMILES string of the molecule is Br[C@@H]1[C@H](Br)C[C@@](CCc2ccccc2)(C2CCCCC2)O[C@@H]1CCc1ccccc1. The molecule has 2 aromatic rings. The average Bonchev–Trinajstić information content (AvgIpc) is 2.81. The fourth-order valence-electron chi connectivity index (χ4n) is 5.52. The van der Waals surface area contributed by atoms with E-state index in [1.54, 1.807) is 0 Å². The van der Waals surface area contributed by atoms with Crippen LogP contribution < -0.4 is 0 Å². The van der Waals surface area contributed by atoms with Crippen molar-refractivity contribution in [3.05, 3.63) is 71.8 Å². The smallest absolute Gasteiger partial charge is 0.0729 e. The Morgan fingerprint density at radius 2 is 1.40 bits per heavy atom. The summed E-state index contributed by atoms with van der Waals surface area (Å²) in [4.78, 5) is 0.833. The molecule has 4 rings (SSSR count). The first-order valence-electron chi connectivity index (χ1n) is 11.7. The van der Waals surface area contributed by atoms with Crippen LogP contribution in [0, 0.1) is 5.92 Å². The van der Waals surface area contributed by atoms with Gasteiger partial charge in [-0.2, -0.15) is 0 Å². The highest BCUT2D eigenvalue weighted by atomic mass is 79.9. The lowest BCUT2D eigenvalue weighted by Crippen LogP contribution is -2.55. The number of rotatable bonds is 7. The third-order valence-corrected chi connectivity index (χ3v) is 10.0. The van der Waals surface area contributed by atoms with Crippen LogP contribution in [-0.4, -0.2) is 21.4 Å². The molecular weight excluding hydrogens is 500 g/mol. The molecule has 0 aromatic heterocycles. The summed E-state index contributed by atoms with van der Waals surface area (Å²) < 4.78 is 7.16. The van der Waals surface area contributed by atoms with Crippen molar-refractivity contribution in [3.63, 3.8) is 0 Å². The Hall–Kier alpha value is -0.640. The predicted molar refractivity (Wildman–Crippen MR) is 134 cm³/mol. The van der Waals surface area contributed by atoms with Crippen molar-refractivity contribution in [1.82, 2.24) is 0 Å². The third-order valence-electron chi connectivity index (χ3n) is 7.22. The molecule has 1 saturated heterocycles. The number of benzene rings is 2. The van der Waals surface area contributed by atoms with Crippen LogP contribution in [0.1, 0.15) is 62.5 Å². The van der Waals surface area contributed by atoms with Gasteiger partial charge in [0.25, 0.3) is 0 Å². The number of aryl methyl sites for hydroxylation is 2.